The van der Waals surface area contributed by atoms with Crippen LogP contribution in [0.25, 0.3) is 0 Å². The number of fused-ring (bicyclic) bond motifs is 1. The summed E-state index contributed by atoms with van der Waals surface area (Å²) in [4.78, 5) is 23.5. The fourth-order valence-corrected chi connectivity index (χ4v) is 4.25. The van der Waals surface area contributed by atoms with Crippen molar-refractivity contribution in [2.24, 2.45) is 5.41 Å². The summed E-state index contributed by atoms with van der Waals surface area (Å²) in [5, 5.41) is 23.9. The number of nitrogens with one attached hydrogen (secondary N) is 4. The van der Waals surface area contributed by atoms with E-state index in [9.17, 15) is 9.90 Å². The van der Waals surface area contributed by atoms with Crippen molar-refractivity contribution in [3.63, 3.8) is 0 Å². The molecule has 0 bridgehead atoms. The second-order valence-corrected chi connectivity index (χ2v) is 10.5. The number of carbonyl (C=O) groups excluding carboxylic acids is 1. The van der Waals surface area contributed by atoms with Crippen LogP contribution in [0.5, 0.6) is 5.75 Å². The molecule has 0 aliphatic carbocycles. The summed E-state index contributed by atoms with van der Waals surface area (Å²) in [6, 6.07) is 7.04. The number of benzene rings is 1. The van der Waals surface area contributed by atoms with Crippen molar-refractivity contribution in [2.75, 3.05) is 42.0 Å². The third-order valence-electron chi connectivity index (χ3n) is 5.60. The van der Waals surface area contributed by atoms with Crippen molar-refractivity contribution in [2.45, 2.75) is 33.7 Å². The van der Waals surface area contributed by atoms with E-state index in [0.717, 1.165) is 11.5 Å². The molecule has 186 valence electrons. The molecule has 1 aliphatic heterocycles. The molecular formula is C24H30BrN7O3. The van der Waals surface area contributed by atoms with E-state index < -0.39 is 0 Å². The fourth-order valence-electron chi connectivity index (χ4n) is 3.76. The quantitative estimate of drug-likeness (QED) is 0.263. The molecular weight excluding hydrogens is 514 g/mol. The van der Waals surface area contributed by atoms with Crippen LogP contribution < -0.4 is 21.3 Å². The van der Waals surface area contributed by atoms with Gasteiger partial charge in [0.1, 0.15) is 11.5 Å². The first kappa shape index (κ1) is 24.6. The molecule has 2 aromatic heterocycles. The number of phenolic OH excluding ortho intramolecular Hbond substituents is 1. The van der Waals surface area contributed by atoms with Crippen molar-refractivity contribution in [1.29, 1.82) is 0 Å². The first-order valence-corrected chi connectivity index (χ1v) is 12.0. The van der Waals surface area contributed by atoms with Crippen LogP contribution in [0.1, 0.15) is 48.7 Å². The standard InChI is InChI=1S/C24H30BrN7O3/c1-12-7-10-15(35-12)18(24(2,3)4)29-22-21(30-19-20(31-22)27-11-26-19)28-14-9-8-13(25)16(17(14)33)23(34)32(5)6/h7-10,18,33H,11H2,1-6H3,(H2,26,28,30)(H2,27,29,31)/t18-/m0/s1. The Morgan fingerprint density at radius 1 is 1.14 bits per heavy atom. The van der Waals surface area contributed by atoms with Gasteiger partial charge in [-0.05, 0) is 52.5 Å². The lowest BCUT2D eigenvalue weighted by Gasteiger charge is -2.31. The summed E-state index contributed by atoms with van der Waals surface area (Å²) in [6.45, 7) is 8.73. The van der Waals surface area contributed by atoms with E-state index >= 15 is 0 Å². The number of anilines is 5. The largest absolute Gasteiger partial charge is 0.505 e. The number of aromatic nitrogens is 2. The predicted octanol–water partition coefficient (Wildman–Crippen LogP) is 5.29. The van der Waals surface area contributed by atoms with Gasteiger partial charge in [-0.3, -0.25) is 4.79 Å². The van der Waals surface area contributed by atoms with Crippen LogP contribution >= 0.6 is 15.9 Å². The zero-order valence-electron chi connectivity index (χ0n) is 20.6. The zero-order chi connectivity index (χ0) is 25.5. The van der Waals surface area contributed by atoms with Gasteiger partial charge in [0.15, 0.2) is 29.0 Å². The molecule has 11 heteroatoms. The van der Waals surface area contributed by atoms with Crippen molar-refractivity contribution in [3.05, 3.63) is 45.8 Å². The van der Waals surface area contributed by atoms with Crippen molar-refractivity contribution < 1.29 is 14.3 Å². The smallest absolute Gasteiger partial charge is 0.258 e. The van der Waals surface area contributed by atoms with Crippen LogP contribution in [0, 0.1) is 12.3 Å². The maximum absolute atomic E-state index is 12.7. The highest BCUT2D eigenvalue weighted by Gasteiger charge is 2.31. The van der Waals surface area contributed by atoms with E-state index in [0.29, 0.717) is 40.1 Å². The minimum atomic E-state index is -0.330. The first-order valence-electron chi connectivity index (χ1n) is 11.2. The second kappa shape index (κ2) is 9.29. The fraction of sp³-hybridized carbons (Fsp3) is 0.375. The minimum absolute atomic E-state index is 0.155. The summed E-state index contributed by atoms with van der Waals surface area (Å²) in [5.74, 6) is 3.13. The molecule has 0 radical (unpaired) electrons. The molecule has 0 fully saturated rings. The number of halogens is 1. The molecule has 0 saturated carbocycles. The lowest BCUT2D eigenvalue weighted by Crippen LogP contribution is -2.26. The molecule has 1 atom stereocenters. The Labute approximate surface area is 212 Å². The number of furan rings is 1. The number of phenols is 1. The zero-order valence-corrected chi connectivity index (χ0v) is 22.2. The molecule has 3 aromatic rings. The van der Waals surface area contributed by atoms with Gasteiger partial charge in [-0.1, -0.05) is 20.8 Å². The normalized spacial score (nSPS) is 13.5. The summed E-state index contributed by atoms with van der Waals surface area (Å²) in [5.41, 5.74) is 0.253. The van der Waals surface area contributed by atoms with Gasteiger partial charge in [0.05, 0.1) is 24.0 Å². The van der Waals surface area contributed by atoms with Gasteiger partial charge in [0, 0.05) is 18.6 Å². The SMILES string of the molecule is Cc1ccc([C@H](Nc2nc3c(nc2Nc2ccc(Br)c(C(=O)N(C)C)c2O)NCN3)C(C)(C)C)o1. The maximum Gasteiger partial charge on any atom is 0.258 e. The third kappa shape index (κ3) is 5.00. The van der Waals surface area contributed by atoms with Gasteiger partial charge >= 0.3 is 0 Å². The maximum atomic E-state index is 12.7. The third-order valence-corrected chi connectivity index (χ3v) is 6.26. The second-order valence-electron chi connectivity index (χ2n) is 9.68. The molecule has 0 saturated heterocycles. The monoisotopic (exact) mass is 543 g/mol. The number of rotatable bonds is 6. The molecule has 3 heterocycles. The van der Waals surface area contributed by atoms with E-state index in [-0.39, 0.29) is 28.7 Å². The Hall–Kier alpha value is -3.47. The van der Waals surface area contributed by atoms with E-state index in [1.54, 1.807) is 26.2 Å². The van der Waals surface area contributed by atoms with Gasteiger partial charge in [0.2, 0.25) is 0 Å². The van der Waals surface area contributed by atoms with E-state index in [2.05, 4.69) is 58.0 Å². The van der Waals surface area contributed by atoms with Crippen LogP contribution in [-0.4, -0.2) is 46.6 Å². The van der Waals surface area contributed by atoms with Crippen molar-refractivity contribution in [3.8, 4) is 5.75 Å². The minimum Gasteiger partial charge on any atom is -0.505 e. The number of carbonyl (C=O) groups is 1. The number of hydrogen-bond acceptors (Lipinski definition) is 9. The highest BCUT2D eigenvalue weighted by molar-refractivity contribution is 9.10. The lowest BCUT2D eigenvalue weighted by atomic mass is 9.85. The van der Waals surface area contributed by atoms with Crippen LogP contribution in [0.2, 0.25) is 0 Å². The van der Waals surface area contributed by atoms with Gasteiger partial charge in [-0.25, -0.2) is 9.97 Å². The van der Waals surface area contributed by atoms with Gasteiger partial charge in [0.25, 0.3) is 5.91 Å². The topological polar surface area (TPSA) is 128 Å². The molecule has 0 unspecified atom stereocenters. The van der Waals surface area contributed by atoms with Gasteiger partial charge in [-0.2, -0.15) is 0 Å². The summed E-state index contributed by atoms with van der Waals surface area (Å²) >= 11 is 3.37. The molecule has 5 N–H and O–H groups in total. The highest BCUT2D eigenvalue weighted by atomic mass is 79.9. The van der Waals surface area contributed by atoms with Crippen molar-refractivity contribution in [1.82, 2.24) is 14.9 Å². The lowest BCUT2D eigenvalue weighted by molar-refractivity contribution is 0.0824. The van der Waals surface area contributed by atoms with Crippen molar-refractivity contribution >= 4 is 50.8 Å². The summed E-state index contributed by atoms with van der Waals surface area (Å²) < 4.78 is 6.44. The van der Waals surface area contributed by atoms with Gasteiger partial charge < -0.3 is 35.7 Å². The Bertz CT molecular complexity index is 1270. The van der Waals surface area contributed by atoms with Gasteiger partial charge in [-0.15, -0.1) is 0 Å². The number of aryl methyl sites for hydroxylation is 1. The molecule has 1 amide bonds. The Morgan fingerprint density at radius 3 is 2.37 bits per heavy atom. The predicted molar refractivity (Wildman–Crippen MR) is 141 cm³/mol. The average Bonchev–Trinajstić information content (AvgIpc) is 3.41. The summed E-state index contributed by atoms with van der Waals surface area (Å²) in [6.07, 6.45) is 0. The van der Waals surface area contributed by atoms with E-state index in [1.807, 2.05) is 19.1 Å². The van der Waals surface area contributed by atoms with Crippen LogP contribution in [0.4, 0.5) is 29.0 Å². The average molecular weight is 544 g/mol. The molecule has 1 aromatic carbocycles. The van der Waals surface area contributed by atoms with Crippen LogP contribution in [-0.2, 0) is 0 Å². The Kier molecular flexibility index (Phi) is 6.54. The molecule has 4 rings (SSSR count). The number of hydrogen-bond donors (Lipinski definition) is 5. The Morgan fingerprint density at radius 2 is 1.80 bits per heavy atom. The molecule has 35 heavy (non-hydrogen) atoms. The molecule has 0 spiro atoms. The number of aromatic hydroxyl groups is 1. The first-order chi connectivity index (χ1) is 16.5. The number of nitrogens with zero attached hydrogens (tertiary/aromatic N) is 3. The van der Waals surface area contributed by atoms with Crippen LogP contribution in [0.3, 0.4) is 0 Å². The Balaban J connectivity index is 1.77. The molecule has 10 nitrogen and oxygen atoms in total. The number of amides is 1. The highest BCUT2D eigenvalue weighted by Crippen LogP contribution is 2.41. The summed E-state index contributed by atoms with van der Waals surface area (Å²) in [7, 11) is 3.26. The molecule has 1 aliphatic rings. The van der Waals surface area contributed by atoms with Crippen LogP contribution in [0.15, 0.2) is 33.2 Å². The van der Waals surface area contributed by atoms with E-state index in [1.165, 1.54) is 4.90 Å². The van der Waals surface area contributed by atoms with E-state index in [4.69, 9.17) is 14.4 Å².